The van der Waals surface area contributed by atoms with Crippen LogP contribution in [0.1, 0.15) is 0 Å². The summed E-state index contributed by atoms with van der Waals surface area (Å²) in [7, 11) is 0. The summed E-state index contributed by atoms with van der Waals surface area (Å²) in [4.78, 5) is 15.4. The summed E-state index contributed by atoms with van der Waals surface area (Å²) in [6.45, 7) is 0. The Bertz CT molecular complexity index is 2580. The van der Waals surface area contributed by atoms with Gasteiger partial charge in [0, 0.05) is 21.9 Å². The van der Waals surface area contributed by atoms with Crippen LogP contribution in [0, 0.1) is 0 Å². The van der Waals surface area contributed by atoms with Gasteiger partial charge in [-0.3, -0.25) is 4.57 Å². The summed E-state index contributed by atoms with van der Waals surface area (Å²) in [5, 5.41) is 1.65. The Balaban J connectivity index is 1.31. The summed E-state index contributed by atoms with van der Waals surface area (Å²) < 4.78 is 8.36. The molecule has 9 rings (SSSR count). The van der Waals surface area contributed by atoms with Gasteiger partial charge in [0.25, 0.3) is 0 Å². The van der Waals surface area contributed by atoms with Gasteiger partial charge in [-0.1, -0.05) is 127 Å². The number of anilines is 2. The van der Waals surface area contributed by atoms with Gasteiger partial charge in [-0.25, -0.2) is 4.98 Å². The van der Waals surface area contributed by atoms with Gasteiger partial charge in [0.1, 0.15) is 11.3 Å². The van der Waals surface area contributed by atoms with Crippen LogP contribution in [0.25, 0.3) is 84.3 Å². The van der Waals surface area contributed by atoms with Crippen molar-refractivity contribution in [2.75, 3.05) is 11.5 Å². The number of nitrogen functional groups attached to an aromatic ring is 2. The van der Waals surface area contributed by atoms with E-state index in [0.29, 0.717) is 46.0 Å². The van der Waals surface area contributed by atoms with Crippen LogP contribution in [0.5, 0.6) is 0 Å². The fraction of sp³-hybridized carbons (Fsp3) is 0. The fourth-order valence-corrected chi connectivity index (χ4v) is 6.60. The number of para-hydroxylation sites is 2. The molecule has 0 unspecified atom stereocenters. The van der Waals surface area contributed by atoms with Gasteiger partial charge in [0.05, 0.1) is 16.9 Å². The van der Waals surface area contributed by atoms with E-state index in [4.69, 9.17) is 30.8 Å². The summed E-state index contributed by atoms with van der Waals surface area (Å²) in [5.74, 6) is 1.89. The van der Waals surface area contributed by atoms with Crippen LogP contribution >= 0.6 is 0 Å². The molecule has 0 fully saturated rings. The van der Waals surface area contributed by atoms with Crippen molar-refractivity contribution in [1.29, 1.82) is 0 Å². The summed E-state index contributed by atoms with van der Waals surface area (Å²) in [5.41, 5.74) is 22.9. The van der Waals surface area contributed by atoms with E-state index in [9.17, 15) is 0 Å². The van der Waals surface area contributed by atoms with E-state index in [1.54, 1.807) is 0 Å². The smallest absolute Gasteiger partial charge is 0.238 e. The van der Waals surface area contributed by atoms with Crippen LogP contribution in [-0.4, -0.2) is 19.5 Å². The highest BCUT2D eigenvalue weighted by Gasteiger charge is 2.26. The van der Waals surface area contributed by atoms with Gasteiger partial charge in [0.15, 0.2) is 17.4 Å². The van der Waals surface area contributed by atoms with E-state index < -0.39 is 0 Å². The van der Waals surface area contributed by atoms with Gasteiger partial charge in [-0.05, 0) is 52.6 Å². The molecule has 0 spiro atoms. The summed E-state index contributed by atoms with van der Waals surface area (Å²) >= 11 is 0. The Morgan fingerprint density at radius 2 is 0.940 bits per heavy atom. The van der Waals surface area contributed by atoms with Crippen molar-refractivity contribution in [2.24, 2.45) is 0 Å². The van der Waals surface area contributed by atoms with E-state index in [1.165, 1.54) is 0 Å². The predicted molar refractivity (Wildman–Crippen MR) is 202 cm³/mol. The first-order valence-electron chi connectivity index (χ1n) is 16.4. The first kappa shape index (κ1) is 29.2. The molecule has 238 valence electrons. The van der Waals surface area contributed by atoms with Crippen molar-refractivity contribution >= 4 is 33.2 Å². The molecule has 0 bridgehead atoms. The lowest BCUT2D eigenvalue weighted by Crippen LogP contribution is -2.08. The molecular weight excluding hydrogens is 617 g/mol. The maximum Gasteiger partial charge on any atom is 0.238 e. The highest BCUT2D eigenvalue weighted by Crippen LogP contribution is 2.44. The number of nitrogens with two attached hydrogens (primary N) is 2. The normalized spacial score (nSPS) is 11.4. The lowest BCUT2D eigenvalue weighted by Gasteiger charge is -2.13. The third kappa shape index (κ3) is 4.96. The molecule has 7 nitrogen and oxygen atoms in total. The fourth-order valence-electron chi connectivity index (χ4n) is 6.60. The Morgan fingerprint density at radius 1 is 0.440 bits per heavy atom. The van der Waals surface area contributed by atoms with Crippen LogP contribution in [0.2, 0.25) is 0 Å². The minimum Gasteiger partial charge on any atom is -0.452 e. The Labute approximate surface area is 288 Å². The molecule has 0 aliphatic rings. The Kier molecular flexibility index (Phi) is 6.95. The number of fused-ring (bicyclic) bond motifs is 2. The molecule has 3 aromatic heterocycles. The van der Waals surface area contributed by atoms with Crippen LogP contribution in [0.3, 0.4) is 0 Å². The minimum atomic E-state index is 0.392. The molecule has 50 heavy (non-hydrogen) atoms. The first-order valence-corrected chi connectivity index (χ1v) is 16.4. The third-order valence-electron chi connectivity index (χ3n) is 9.04. The van der Waals surface area contributed by atoms with E-state index in [2.05, 4.69) is 48.5 Å². The average Bonchev–Trinajstić information content (AvgIpc) is 3.68. The highest BCUT2D eigenvalue weighted by atomic mass is 16.3. The minimum absolute atomic E-state index is 0.392. The molecule has 9 aromatic rings. The average molecular weight is 647 g/mol. The molecule has 7 heteroatoms. The largest absolute Gasteiger partial charge is 0.452 e. The van der Waals surface area contributed by atoms with Crippen molar-refractivity contribution in [1.82, 2.24) is 19.5 Å². The van der Waals surface area contributed by atoms with Gasteiger partial charge >= 0.3 is 0 Å². The second-order valence-electron chi connectivity index (χ2n) is 12.1. The standard InChI is InChI=1S/C43H30N6O/c44-37-33-21-7-9-23-35(33)49(39(37)40-38(45)34-22-8-10-24-36(34)50-40)43-47-41(31-19-11-17-29(25-31)27-13-3-1-4-14-27)46-42(48-43)32-20-12-18-30(26-32)28-15-5-2-6-16-28/h1-26H,44-45H2. The molecule has 0 amide bonds. The number of aromatic nitrogens is 4. The Hall–Kier alpha value is -6.99. The van der Waals surface area contributed by atoms with Crippen molar-refractivity contribution in [3.8, 4) is 62.4 Å². The third-order valence-corrected chi connectivity index (χ3v) is 9.04. The SMILES string of the molecule is Nc1c(-c2c(N)c3ccccc3n2-c2nc(-c3cccc(-c4ccccc4)c3)nc(-c3cccc(-c4ccccc4)c3)n2)oc2ccccc12. The molecule has 4 N–H and O–H groups in total. The molecule has 0 radical (unpaired) electrons. The van der Waals surface area contributed by atoms with Crippen molar-refractivity contribution in [3.05, 3.63) is 158 Å². The molecular formula is C43H30N6O. The highest BCUT2D eigenvalue weighted by molar-refractivity contribution is 6.06. The van der Waals surface area contributed by atoms with Gasteiger partial charge in [-0.15, -0.1) is 0 Å². The summed E-state index contributed by atoms with van der Waals surface area (Å²) in [6, 6.07) is 52.7. The zero-order valence-corrected chi connectivity index (χ0v) is 26.9. The zero-order valence-electron chi connectivity index (χ0n) is 26.9. The maximum absolute atomic E-state index is 6.96. The van der Waals surface area contributed by atoms with Crippen molar-refractivity contribution in [2.45, 2.75) is 0 Å². The first-order chi connectivity index (χ1) is 24.6. The number of hydrogen-bond acceptors (Lipinski definition) is 6. The molecule has 0 saturated heterocycles. The Morgan fingerprint density at radius 3 is 1.54 bits per heavy atom. The number of nitrogens with zero attached hydrogens (tertiary/aromatic N) is 4. The zero-order chi connectivity index (χ0) is 33.6. The molecule has 0 atom stereocenters. The quantitative estimate of drug-likeness (QED) is 0.186. The van der Waals surface area contributed by atoms with Crippen LogP contribution in [-0.2, 0) is 0 Å². The molecule has 0 saturated carbocycles. The van der Waals surface area contributed by atoms with Crippen LogP contribution in [0.4, 0.5) is 11.4 Å². The second-order valence-corrected chi connectivity index (χ2v) is 12.1. The predicted octanol–water partition coefficient (Wildman–Crippen LogP) is 10.1. The maximum atomic E-state index is 6.96. The number of rotatable bonds is 6. The molecule has 3 heterocycles. The van der Waals surface area contributed by atoms with E-state index in [1.807, 2.05) is 114 Å². The number of benzene rings is 6. The van der Waals surface area contributed by atoms with Gasteiger partial charge in [-0.2, -0.15) is 9.97 Å². The van der Waals surface area contributed by atoms with E-state index >= 15 is 0 Å². The molecule has 0 aliphatic carbocycles. The van der Waals surface area contributed by atoms with E-state index in [0.717, 1.165) is 49.7 Å². The summed E-state index contributed by atoms with van der Waals surface area (Å²) in [6.07, 6.45) is 0. The second kappa shape index (κ2) is 11.9. The lowest BCUT2D eigenvalue weighted by atomic mass is 10.0. The van der Waals surface area contributed by atoms with Crippen molar-refractivity contribution in [3.63, 3.8) is 0 Å². The molecule has 0 aliphatic heterocycles. The number of hydrogen-bond donors (Lipinski definition) is 2. The van der Waals surface area contributed by atoms with Gasteiger partial charge in [0.2, 0.25) is 5.95 Å². The van der Waals surface area contributed by atoms with Crippen molar-refractivity contribution < 1.29 is 4.42 Å². The van der Waals surface area contributed by atoms with Crippen LogP contribution < -0.4 is 11.5 Å². The van der Waals surface area contributed by atoms with Crippen LogP contribution in [0.15, 0.2) is 162 Å². The molecule has 6 aromatic carbocycles. The number of furan rings is 1. The van der Waals surface area contributed by atoms with E-state index in [-0.39, 0.29) is 0 Å². The lowest BCUT2D eigenvalue weighted by molar-refractivity contribution is 0.628. The van der Waals surface area contributed by atoms with Gasteiger partial charge < -0.3 is 15.9 Å². The monoisotopic (exact) mass is 646 g/mol. The topological polar surface area (TPSA) is 109 Å².